The highest BCUT2D eigenvalue weighted by Crippen LogP contribution is 2.37. The lowest BCUT2D eigenvalue weighted by Crippen LogP contribution is -2.49. The molecule has 0 aliphatic rings. The van der Waals surface area contributed by atoms with E-state index in [-0.39, 0.29) is 142 Å². The molecular formula is C53H94N5O18P. The molecule has 0 unspecified atom stereocenters. The van der Waals surface area contributed by atoms with Crippen molar-refractivity contribution >= 4 is 55.0 Å². The van der Waals surface area contributed by atoms with Crippen molar-refractivity contribution < 1.29 is 89.2 Å². The van der Waals surface area contributed by atoms with Gasteiger partial charge in [-0.2, -0.15) is 0 Å². The van der Waals surface area contributed by atoms with E-state index in [0.29, 0.717) is 44.2 Å². The average molecular weight is 1120 g/mol. The van der Waals surface area contributed by atoms with E-state index in [1.807, 2.05) is 0 Å². The number of hydrogen-bond acceptors (Lipinski definition) is 15. The number of carboxylic acids is 2. The monoisotopic (exact) mass is 1120 g/mol. The number of ketones is 2. The maximum absolute atomic E-state index is 12.9. The first kappa shape index (κ1) is 70.1. The van der Waals surface area contributed by atoms with Crippen molar-refractivity contribution in [2.45, 2.75) is 179 Å². The summed E-state index contributed by atoms with van der Waals surface area (Å²) in [6.45, 7) is 2.86. The lowest BCUT2D eigenvalue weighted by Gasteiger charge is -2.21. The maximum Gasteiger partial charge on any atom is 0.524 e. The Bertz CT molecular complexity index is 1900. The van der Waals surface area contributed by atoms with E-state index in [0.717, 1.165) is 44.9 Å². The summed E-state index contributed by atoms with van der Waals surface area (Å²) in [5.74, 6) is -3.65. The lowest BCUT2D eigenvalue weighted by atomic mass is 10.0. The van der Waals surface area contributed by atoms with Crippen LogP contribution in [-0.2, 0) is 68.3 Å². The molecule has 23 nitrogen and oxygen atoms in total. The van der Waals surface area contributed by atoms with Gasteiger partial charge in [0, 0.05) is 48.2 Å². The Morgan fingerprint density at radius 3 is 1.57 bits per heavy atom. The summed E-state index contributed by atoms with van der Waals surface area (Å²) < 4.78 is 37.1. The number of phosphoric ester groups is 1. The minimum atomic E-state index is -4.71. The van der Waals surface area contributed by atoms with Gasteiger partial charge in [0.2, 0.25) is 23.6 Å². The molecule has 1 aromatic rings. The van der Waals surface area contributed by atoms with Crippen LogP contribution in [0.1, 0.15) is 163 Å². The van der Waals surface area contributed by atoms with Gasteiger partial charge in [-0.15, -0.1) is 0 Å². The van der Waals surface area contributed by atoms with Crippen LogP contribution in [0.25, 0.3) is 0 Å². The zero-order valence-electron chi connectivity index (χ0n) is 45.5. The number of benzene rings is 1. The van der Waals surface area contributed by atoms with Crippen LogP contribution in [0.2, 0.25) is 0 Å². The Kier molecular flexibility index (Phi) is 41.0. The minimum absolute atomic E-state index is 0. The summed E-state index contributed by atoms with van der Waals surface area (Å²) in [4.78, 5) is 114. The zero-order valence-corrected chi connectivity index (χ0v) is 46.4. The number of aliphatic carboxylic acids is 2. The first-order valence-corrected chi connectivity index (χ1v) is 28.8. The summed E-state index contributed by atoms with van der Waals surface area (Å²) >= 11 is 0. The van der Waals surface area contributed by atoms with Gasteiger partial charge in [-0.3, -0.25) is 43.3 Å². The number of phosphoric acid groups is 1. The number of carboxylic acid groups (broad SMARTS) is 2. The number of carbonyl (C=O) groups is 8. The molecular weight excluding hydrogens is 1030 g/mol. The van der Waals surface area contributed by atoms with Crippen LogP contribution >= 0.6 is 7.82 Å². The van der Waals surface area contributed by atoms with Crippen LogP contribution in [0.3, 0.4) is 0 Å². The SMILES string of the molecule is CN[C@@H](CCCCNC(=O)COCCOCCNC(=O)COCCOCCCC(=O)CC[C@H](NC(=O)CCCCCCCCCCCCCCCCC(=O)O)C(=O)O)C(=O)N[C@@H](Cc1ccc(OP(=O)(O)O)cc1)C(C)=O.[HH].[HH]. The molecule has 0 aliphatic carbocycles. The third-order valence-electron chi connectivity index (χ3n) is 12.2. The summed E-state index contributed by atoms with van der Waals surface area (Å²) in [7, 11) is -3.07. The Labute approximate surface area is 457 Å². The lowest BCUT2D eigenvalue weighted by molar-refractivity contribution is -0.142. The van der Waals surface area contributed by atoms with Crippen molar-refractivity contribution in [3.8, 4) is 5.75 Å². The molecule has 0 bridgehead atoms. The fourth-order valence-electron chi connectivity index (χ4n) is 7.88. The highest BCUT2D eigenvalue weighted by atomic mass is 31.2. The largest absolute Gasteiger partial charge is 0.524 e. The Morgan fingerprint density at radius 2 is 1.05 bits per heavy atom. The van der Waals surface area contributed by atoms with Crippen LogP contribution in [0.5, 0.6) is 5.75 Å². The third-order valence-corrected chi connectivity index (χ3v) is 12.7. The number of carbonyl (C=O) groups excluding carboxylic acids is 6. The summed E-state index contributed by atoms with van der Waals surface area (Å²) in [6, 6.07) is 3.31. The van der Waals surface area contributed by atoms with E-state index in [1.165, 1.54) is 57.6 Å². The topological polar surface area (TPSA) is 341 Å². The Balaban J connectivity index is 0. The zero-order chi connectivity index (χ0) is 56.9. The quantitative estimate of drug-likeness (QED) is 0.0293. The fourth-order valence-corrected chi connectivity index (χ4v) is 8.28. The molecule has 4 amide bonds. The molecule has 0 spiro atoms. The van der Waals surface area contributed by atoms with Gasteiger partial charge in [-0.25, -0.2) is 9.36 Å². The predicted molar refractivity (Wildman–Crippen MR) is 290 cm³/mol. The first-order valence-electron chi connectivity index (χ1n) is 27.3. The maximum atomic E-state index is 12.9. The molecule has 0 fully saturated rings. The van der Waals surface area contributed by atoms with Gasteiger partial charge in [0.25, 0.3) is 0 Å². The van der Waals surface area contributed by atoms with Crippen molar-refractivity contribution in [1.29, 1.82) is 0 Å². The second-order valence-corrected chi connectivity index (χ2v) is 20.1. The molecule has 0 saturated heterocycles. The third kappa shape index (κ3) is 41.8. The second-order valence-electron chi connectivity index (χ2n) is 19.0. The molecule has 0 radical (unpaired) electrons. The van der Waals surface area contributed by atoms with Crippen LogP contribution in [0, 0.1) is 0 Å². The van der Waals surface area contributed by atoms with Crippen molar-refractivity contribution in [2.24, 2.45) is 0 Å². The van der Waals surface area contributed by atoms with Crippen LogP contribution in [-0.4, -0.2) is 158 Å². The highest BCUT2D eigenvalue weighted by Gasteiger charge is 2.24. The van der Waals surface area contributed by atoms with E-state index in [1.54, 1.807) is 19.2 Å². The van der Waals surface area contributed by atoms with Crippen molar-refractivity contribution in [1.82, 2.24) is 26.6 Å². The van der Waals surface area contributed by atoms with Gasteiger partial charge in [-0.05, 0) is 83.0 Å². The number of likely N-dealkylation sites (N-methyl/N-ethyl adjacent to an activating group) is 1. The van der Waals surface area contributed by atoms with E-state index in [4.69, 9.17) is 33.8 Å². The number of Topliss-reactive ketones (excluding diaryl/α,β-unsaturated/α-hetero) is 2. The Hall–Kier alpha value is -4.87. The summed E-state index contributed by atoms with van der Waals surface area (Å²) in [5, 5.41) is 31.9. The molecule has 444 valence electrons. The smallest absolute Gasteiger partial charge is 0.481 e. The first-order chi connectivity index (χ1) is 36.9. The summed E-state index contributed by atoms with van der Waals surface area (Å²) in [5.41, 5.74) is 0.651. The summed E-state index contributed by atoms with van der Waals surface area (Å²) in [6.07, 6.45) is 18.0. The van der Waals surface area contributed by atoms with E-state index >= 15 is 0 Å². The minimum Gasteiger partial charge on any atom is -0.481 e. The average Bonchev–Trinajstić information content (AvgIpc) is 3.37. The molecule has 9 N–H and O–H groups in total. The molecule has 0 aliphatic heterocycles. The van der Waals surface area contributed by atoms with Crippen LogP contribution < -0.4 is 31.1 Å². The number of hydrogen-bond donors (Lipinski definition) is 9. The van der Waals surface area contributed by atoms with E-state index in [2.05, 4.69) is 31.1 Å². The molecule has 77 heavy (non-hydrogen) atoms. The van der Waals surface area contributed by atoms with Crippen LogP contribution in [0.15, 0.2) is 24.3 Å². The van der Waals surface area contributed by atoms with Gasteiger partial charge < -0.3 is 60.3 Å². The molecule has 0 saturated carbocycles. The van der Waals surface area contributed by atoms with Crippen molar-refractivity contribution in [2.75, 3.05) is 73.0 Å². The number of amides is 4. The number of ether oxygens (including phenoxy) is 4. The van der Waals surface area contributed by atoms with Gasteiger partial charge in [0.1, 0.15) is 30.8 Å². The van der Waals surface area contributed by atoms with Crippen molar-refractivity contribution in [3.05, 3.63) is 29.8 Å². The molecule has 0 heterocycles. The molecule has 0 aromatic heterocycles. The van der Waals surface area contributed by atoms with Gasteiger partial charge in [-0.1, -0.05) is 89.2 Å². The number of unbranched alkanes of at least 4 members (excludes halogenated alkanes) is 14. The van der Waals surface area contributed by atoms with E-state index in [9.17, 15) is 48.0 Å². The highest BCUT2D eigenvalue weighted by molar-refractivity contribution is 7.46. The fraction of sp³-hybridized carbons (Fsp3) is 0.736. The van der Waals surface area contributed by atoms with Crippen molar-refractivity contribution in [3.63, 3.8) is 0 Å². The Morgan fingerprint density at radius 1 is 0.532 bits per heavy atom. The molecule has 1 rings (SSSR count). The van der Waals surface area contributed by atoms with Gasteiger partial charge in [0.15, 0.2) is 5.78 Å². The van der Waals surface area contributed by atoms with Gasteiger partial charge in [0.05, 0.1) is 45.1 Å². The normalized spacial score (nSPS) is 12.5. The molecule has 24 heteroatoms. The van der Waals surface area contributed by atoms with Gasteiger partial charge >= 0.3 is 19.8 Å². The second kappa shape index (κ2) is 45.0. The standard InChI is InChI=1S/C53H90N5O18P.2H2/c1-41(59)47(38-42-24-27-44(28-25-42)76-77(69,70)71)58-52(66)45(54-2)21-17-18-30-55-49(62)39-75-37-35-73-33-31-56-50(63)40-74-36-34-72-32-19-20-43(60)26-29-46(53(67)68)57-48(61)22-15-13-11-9-7-5-3-4-6-8-10-12-14-16-23-51(64)65;;/h24-25,27-28,45-47,54H,3-23,26,29-40H2,1-2H3,(H,55,62)(H,56,63)(H,57,61)(H,58,66)(H,64,65)(H,67,68)(H2,69,70,71);2*1H/t45-,46-,47-;;/m0../s1. The van der Waals surface area contributed by atoms with Crippen LogP contribution in [0.4, 0.5) is 0 Å². The molecule has 1 aromatic carbocycles. The number of nitrogens with one attached hydrogen (secondary N) is 5. The molecule has 3 atom stereocenters. The number of rotatable bonds is 52. The predicted octanol–water partition coefficient (Wildman–Crippen LogP) is 5.35. The van der Waals surface area contributed by atoms with E-state index < -0.39 is 37.9 Å².